The van der Waals surface area contributed by atoms with Gasteiger partial charge in [-0.2, -0.15) is 10.1 Å². The number of fused-ring (bicyclic) bond motifs is 1. The van der Waals surface area contributed by atoms with Gasteiger partial charge < -0.3 is 5.32 Å². The summed E-state index contributed by atoms with van der Waals surface area (Å²) in [6.07, 6.45) is 3.30. The fourth-order valence-electron chi connectivity index (χ4n) is 3.01. The topological polar surface area (TPSA) is 90.0 Å². The molecule has 0 aliphatic carbocycles. The Morgan fingerprint density at radius 1 is 1.15 bits per heavy atom. The lowest BCUT2D eigenvalue weighted by Gasteiger charge is -2.07. The molecule has 0 radical (unpaired) electrons. The van der Waals surface area contributed by atoms with Gasteiger partial charge in [0.1, 0.15) is 0 Å². The SMILES string of the molecule is Cc1cccc(Cn2nc(C)c(NC(=O)c3nc4ncccn4n3)c2C)c1. The number of rotatable bonds is 4. The van der Waals surface area contributed by atoms with Crippen LogP contribution in [-0.4, -0.2) is 35.3 Å². The molecule has 0 atom stereocenters. The molecule has 0 unspecified atom stereocenters. The van der Waals surface area contributed by atoms with E-state index in [1.54, 1.807) is 18.5 Å². The van der Waals surface area contributed by atoms with E-state index in [0.29, 0.717) is 18.0 Å². The average molecular weight is 361 g/mol. The van der Waals surface area contributed by atoms with Crippen molar-refractivity contribution in [2.24, 2.45) is 0 Å². The molecule has 0 spiro atoms. The van der Waals surface area contributed by atoms with Gasteiger partial charge in [0.25, 0.3) is 11.7 Å². The van der Waals surface area contributed by atoms with Crippen LogP contribution in [0.1, 0.15) is 33.1 Å². The molecule has 0 aliphatic rings. The number of hydrogen-bond acceptors (Lipinski definition) is 5. The van der Waals surface area contributed by atoms with Crippen LogP contribution in [0.25, 0.3) is 5.78 Å². The van der Waals surface area contributed by atoms with Crippen LogP contribution >= 0.6 is 0 Å². The standard InChI is InChI=1S/C19H19N7O/c1-12-6-4-7-15(10-12)11-26-14(3)16(13(2)23-26)21-18(27)17-22-19-20-8-5-9-25(19)24-17/h4-10H,11H2,1-3H3,(H,21,27). The maximum Gasteiger partial charge on any atom is 0.295 e. The summed E-state index contributed by atoms with van der Waals surface area (Å²) in [5.74, 6) is 0.0620. The van der Waals surface area contributed by atoms with Crippen LogP contribution in [0.5, 0.6) is 0 Å². The summed E-state index contributed by atoms with van der Waals surface area (Å²) in [7, 11) is 0. The van der Waals surface area contributed by atoms with Crippen molar-refractivity contribution in [2.45, 2.75) is 27.3 Å². The molecular weight excluding hydrogens is 342 g/mol. The smallest absolute Gasteiger partial charge is 0.295 e. The molecule has 8 heteroatoms. The molecule has 4 rings (SSSR count). The highest BCUT2D eigenvalue weighted by molar-refractivity contribution is 6.02. The molecule has 3 heterocycles. The largest absolute Gasteiger partial charge is 0.316 e. The monoisotopic (exact) mass is 361 g/mol. The molecule has 1 N–H and O–H groups in total. The zero-order valence-electron chi connectivity index (χ0n) is 15.3. The molecule has 4 aromatic rings. The predicted octanol–water partition coefficient (Wildman–Crippen LogP) is 2.55. The maximum atomic E-state index is 12.6. The van der Waals surface area contributed by atoms with Crippen LogP contribution in [0.4, 0.5) is 5.69 Å². The molecule has 3 aromatic heterocycles. The molecule has 0 fully saturated rings. The van der Waals surface area contributed by atoms with E-state index in [4.69, 9.17) is 0 Å². The van der Waals surface area contributed by atoms with Crippen molar-refractivity contribution in [3.8, 4) is 0 Å². The minimum atomic E-state index is -0.387. The van der Waals surface area contributed by atoms with Gasteiger partial charge in [-0.3, -0.25) is 9.48 Å². The van der Waals surface area contributed by atoms with Crippen LogP contribution in [-0.2, 0) is 6.54 Å². The van der Waals surface area contributed by atoms with Crippen molar-refractivity contribution >= 4 is 17.4 Å². The quantitative estimate of drug-likeness (QED) is 0.603. The number of nitrogens with zero attached hydrogens (tertiary/aromatic N) is 6. The Morgan fingerprint density at radius 2 is 2.00 bits per heavy atom. The molecule has 136 valence electrons. The zero-order chi connectivity index (χ0) is 19.0. The van der Waals surface area contributed by atoms with Gasteiger partial charge in [0.05, 0.1) is 23.6 Å². The van der Waals surface area contributed by atoms with Crippen molar-refractivity contribution in [3.05, 3.63) is 71.1 Å². The van der Waals surface area contributed by atoms with Crippen molar-refractivity contribution in [1.82, 2.24) is 29.4 Å². The number of carbonyl (C=O) groups excluding carboxylic acids is 1. The maximum absolute atomic E-state index is 12.6. The minimum absolute atomic E-state index is 0.0685. The average Bonchev–Trinajstić information content (AvgIpc) is 3.19. The number of nitrogens with one attached hydrogen (secondary N) is 1. The number of hydrogen-bond donors (Lipinski definition) is 1. The fraction of sp³-hybridized carbons (Fsp3) is 0.211. The van der Waals surface area contributed by atoms with E-state index in [-0.39, 0.29) is 11.7 Å². The highest BCUT2D eigenvalue weighted by Gasteiger charge is 2.18. The summed E-state index contributed by atoms with van der Waals surface area (Å²) in [5, 5.41) is 11.6. The van der Waals surface area contributed by atoms with E-state index in [1.165, 1.54) is 10.1 Å². The molecule has 1 aromatic carbocycles. The van der Waals surface area contributed by atoms with E-state index in [9.17, 15) is 4.79 Å². The van der Waals surface area contributed by atoms with Gasteiger partial charge in [-0.25, -0.2) is 9.50 Å². The highest BCUT2D eigenvalue weighted by Crippen LogP contribution is 2.21. The molecular formula is C19H19N7O. The van der Waals surface area contributed by atoms with Gasteiger partial charge in [-0.15, -0.1) is 5.10 Å². The van der Waals surface area contributed by atoms with Crippen LogP contribution < -0.4 is 5.32 Å². The van der Waals surface area contributed by atoms with E-state index in [0.717, 1.165) is 17.0 Å². The van der Waals surface area contributed by atoms with Crippen molar-refractivity contribution in [3.63, 3.8) is 0 Å². The summed E-state index contributed by atoms with van der Waals surface area (Å²) in [4.78, 5) is 20.8. The van der Waals surface area contributed by atoms with Crippen LogP contribution in [0.15, 0.2) is 42.7 Å². The number of anilines is 1. The summed E-state index contributed by atoms with van der Waals surface area (Å²) >= 11 is 0. The lowest BCUT2D eigenvalue weighted by molar-refractivity contribution is 0.101. The van der Waals surface area contributed by atoms with E-state index in [2.05, 4.69) is 50.6 Å². The third-order valence-corrected chi connectivity index (χ3v) is 4.35. The fourth-order valence-corrected chi connectivity index (χ4v) is 3.01. The number of amides is 1. The number of benzene rings is 1. The molecule has 0 saturated heterocycles. The Balaban J connectivity index is 1.58. The van der Waals surface area contributed by atoms with Gasteiger partial charge in [0, 0.05) is 12.4 Å². The molecule has 0 saturated carbocycles. The van der Waals surface area contributed by atoms with Gasteiger partial charge >= 0.3 is 0 Å². The molecule has 27 heavy (non-hydrogen) atoms. The predicted molar refractivity (Wildman–Crippen MR) is 101 cm³/mol. The van der Waals surface area contributed by atoms with Crippen molar-refractivity contribution in [1.29, 1.82) is 0 Å². The van der Waals surface area contributed by atoms with Crippen LogP contribution in [0, 0.1) is 20.8 Å². The first-order chi connectivity index (χ1) is 13.0. The van der Waals surface area contributed by atoms with Crippen molar-refractivity contribution < 1.29 is 4.79 Å². The Morgan fingerprint density at radius 3 is 2.78 bits per heavy atom. The third kappa shape index (κ3) is 3.29. The molecule has 0 aliphatic heterocycles. The number of aromatic nitrogens is 6. The summed E-state index contributed by atoms with van der Waals surface area (Å²) < 4.78 is 3.36. The summed E-state index contributed by atoms with van der Waals surface area (Å²) in [5.41, 5.74) is 4.67. The number of aryl methyl sites for hydroxylation is 2. The van der Waals surface area contributed by atoms with Crippen LogP contribution in [0.3, 0.4) is 0 Å². The van der Waals surface area contributed by atoms with Gasteiger partial charge in [0.2, 0.25) is 5.82 Å². The zero-order valence-corrected chi connectivity index (χ0v) is 15.3. The van der Waals surface area contributed by atoms with Gasteiger partial charge in [-0.1, -0.05) is 29.8 Å². The van der Waals surface area contributed by atoms with Gasteiger partial charge in [-0.05, 0) is 32.4 Å². The Labute approximate surface area is 155 Å². The summed E-state index contributed by atoms with van der Waals surface area (Å²) in [6, 6.07) is 10.0. The van der Waals surface area contributed by atoms with Crippen molar-refractivity contribution in [2.75, 3.05) is 5.32 Å². The van der Waals surface area contributed by atoms with Crippen LogP contribution in [0.2, 0.25) is 0 Å². The Bertz CT molecular complexity index is 1110. The molecule has 0 bridgehead atoms. The van der Waals surface area contributed by atoms with E-state index < -0.39 is 0 Å². The number of carbonyl (C=O) groups is 1. The second kappa shape index (κ2) is 6.64. The third-order valence-electron chi connectivity index (χ3n) is 4.35. The second-order valence-corrected chi connectivity index (χ2v) is 6.45. The first-order valence-electron chi connectivity index (χ1n) is 8.59. The first-order valence-corrected chi connectivity index (χ1v) is 8.59. The van der Waals surface area contributed by atoms with E-state index in [1.807, 2.05) is 24.6 Å². The summed E-state index contributed by atoms with van der Waals surface area (Å²) in [6.45, 7) is 6.51. The molecule has 8 nitrogen and oxygen atoms in total. The minimum Gasteiger partial charge on any atom is -0.316 e. The normalized spacial score (nSPS) is 11.1. The first kappa shape index (κ1) is 16.9. The lowest BCUT2D eigenvalue weighted by atomic mass is 10.1. The van der Waals surface area contributed by atoms with Gasteiger partial charge in [0.15, 0.2) is 0 Å². The Kier molecular flexibility index (Phi) is 4.15. The highest BCUT2D eigenvalue weighted by atomic mass is 16.2. The molecule has 1 amide bonds. The Hall–Kier alpha value is -3.55. The second-order valence-electron chi connectivity index (χ2n) is 6.45. The van der Waals surface area contributed by atoms with E-state index >= 15 is 0 Å². The lowest BCUT2D eigenvalue weighted by Crippen LogP contribution is -2.15.